The van der Waals surface area contributed by atoms with E-state index in [1.165, 1.54) is 0 Å². The van der Waals surface area contributed by atoms with Crippen molar-refractivity contribution in [2.24, 2.45) is 10.3 Å². The third-order valence-corrected chi connectivity index (χ3v) is 15.7. The predicted octanol–water partition coefficient (Wildman–Crippen LogP) is 5.11. The van der Waals surface area contributed by atoms with Crippen LogP contribution in [0.2, 0.25) is 0 Å². The van der Waals surface area contributed by atoms with Gasteiger partial charge in [-0.25, -0.2) is 0 Å². The average molecular weight is 633 g/mol. The van der Waals surface area contributed by atoms with Crippen molar-refractivity contribution in [2.45, 2.75) is 12.8 Å². The molecule has 0 amide bonds. The third-order valence-electron chi connectivity index (χ3n) is 8.04. The zero-order chi connectivity index (χ0) is 31.3. The van der Waals surface area contributed by atoms with Crippen LogP contribution in [0.3, 0.4) is 0 Å². The molecule has 46 heavy (non-hydrogen) atoms. The lowest BCUT2D eigenvalue weighted by Gasteiger charge is -2.30. The molecule has 0 aromatic heterocycles. The zero-order valence-corrected chi connectivity index (χ0v) is 27.6. The molecule has 6 aromatic rings. The lowest BCUT2D eigenvalue weighted by atomic mass is 10.3. The van der Waals surface area contributed by atoms with E-state index in [2.05, 4.69) is 156 Å². The van der Waals surface area contributed by atoms with Gasteiger partial charge in [0.05, 0.1) is 0 Å². The summed E-state index contributed by atoms with van der Waals surface area (Å²) in [7, 11) is -5.77. The fourth-order valence-corrected chi connectivity index (χ4v) is 12.9. The van der Waals surface area contributed by atoms with Gasteiger partial charge in [-0.2, -0.15) is 0 Å². The summed E-state index contributed by atoms with van der Waals surface area (Å²) in [5.41, 5.74) is 0. The van der Waals surface area contributed by atoms with Crippen molar-refractivity contribution in [3.63, 3.8) is 0 Å². The van der Waals surface area contributed by atoms with Gasteiger partial charge in [0, 0.05) is 12.4 Å². The van der Waals surface area contributed by atoms with Gasteiger partial charge < -0.3 is 9.05 Å². The first-order valence-electron chi connectivity index (χ1n) is 15.6. The Bertz CT molecular complexity index is 1490. The SMILES string of the molecule is C(CCC=NO[Si](c1ccccc1)(c1ccccc1)c1ccccc1)=NO[Si](c1ccccc1)(c1ccccc1)c1ccccc1. The Balaban J connectivity index is 1.23. The molecule has 0 radical (unpaired) electrons. The highest BCUT2D eigenvalue weighted by Crippen LogP contribution is 2.12. The van der Waals surface area contributed by atoms with E-state index in [1.54, 1.807) is 0 Å². The predicted molar refractivity (Wildman–Crippen MR) is 196 cm³/mol. The smallest absolute Gasteiger partial charge is 0.380 e. The van der Waals surface area contributed by atoms with Gasteiger partial charge in [0.1, 0.15) is 0 Å². The van der Waals surface area contributed by atoms with Crippen molar-refractivity contribution in [3.8, 4) is 0 Å². The van der Waals surface area contributed by atoms with Crippen LogP contribution in [0.25, 0.3) is 0 Å². The molecule has 0 saturated heterocycles. The quantitative estimate of drug-likeness (QED) is 0.0585. The summed E-state index contributed by atoms with van der Waals surface area (Å²) in [5, 5.41) is 16.1. The van der Waals surface area contributed by atoms with Crippen LogP contribution in [-0.4, -0.2) is 29.1 Å². The van der Waals surface area contributed by atoms with Gasteiger partial charge in [0.15, 0.2) is 0 Å². The molecule has 6 heteroatoms. The number of rotatable bonds is 13. The second-order valence-electron chi connectivity index (χ2n) is 10.9. The molecule has 0 aliphatic rings. The third kappa shape index (κ3) is 6.54. The first kappa shape index (κ1) is 30.7. The van der Waals surface area contributed by atoms with Gasteiger partial charge in [-0.1, -0.05) is 182 Å². The molecule has 226 valence electrons. The van der Waals surface area contributed by atoms with Crippen LogP contribution in [0.1, 0.15) is 12.8 Å². The molecule has 6 aromatic carbocycles. The largest absolute Gasteiger partial charge is 0.438 e. The molecule has 0 saturated carbocycles. The highest BCUT2D eigenvalue weighted by molar-refractivity contribution is 7.07. The minimum absolute atomic E-state index is 0.659. The molecule has 0 atom stereocenters. The molecule has 6 rings (SSSR count). The summed E-state index contributed by atoms with van der Waals surface area (Å²) in [4.78, 5) is 0. The number of nitrogens with zero attached hydrogens (tertiary/aromatic N) is 2. The van der Waals surface area contributed by atoms with Crippen molar-refractivity contribution in [1.29, 1.82) is 0 Å². The minimum atomic E-state index is -2.89. The van der Waals surface area contributed by atoms with Crippen molar-refractivity contribution < 1.29 is 9.05 Å². The number of unbranched alkanes of at least 4 members (excludes halogenated alkanes) is 1. The monoisotopic (exact) mass is 632 g/mol. The molecule has 0 fully saturated rings. The van der Waals surface area contributed by atoms with E-state index in [0.29, 0.717) is 12.8 Å². The van der Waals surface area contributed by atoms with Gasteiger partial charge >= 0.3 is 16.6 Å². The van der Waals surface area contributed by atoms with Crippen molar-refractivity contribution in [3.05, 3.63) is 182 Å². The van der Waals surface area contributed by atoms with Crippen LogP contribution in [0.4, 0.5) is 0 Å². The van der Waals surface area contributed by atoms with Crippen LogP contribution in [0, 0.1) is 0 Å². The van der Waals surface area contributed by atoms with Gasteiger partial charge in [0.2, 0.25) is 0 Å². The minimum Gasteiger partial charge on any atom is -0.438 e. The Kier molecular flexibility index (Phi) is 10.1. The van der Waals surface area contributed by atoms with E-state index in [1.807, 2.05) is 48.8 Å². The van der Waals surface area contributed by atoms with E-state index in [-0.39, 0.29) is 0 Å². The van der Waals surface area contributed by atoms with Gasteiger partial charge in [-0.15, -0.1) is 10.3 Å². The molecule has 0 spiro atoms. The number of benzene rings is 6. The topological polar surface area (TPSA) is 43.2 Å². The molecule has 4 nitrogen and oxygen atoms in total. The summed E-state index contributed by atoms with van der Waals surface area (Å²) < 4.78 is 13.3. The summed E-state index contributed by atoms with van der Waals surface area (Å²) in [6.07, 6.45) is 5.01. The second-order valence-corrected chi connectivity index (χ2v) is 17.4. The van der Waals surface area contributed by atoms with E-state index in [9.17, 15) is 0 Å². The fraction of sp³-hybridized carbons (Fsp3) is 0.0500. The Morgan fingerprint density at radius 1 is 0.326 bits per heavy atom. The normalized spacial score (nSPS) is 11.9. The Labute approximate surface area is 273 Å². The van der Waals surface area contributed by atoms with Crippen LogP contribution < -0.4 is 31.1 Å². The lowest BCUT2D eigenvalue weighted by molar-refractivity contribution is 0.348. The lowest BCUT2D eigenvalue weighted by Crippen LogP contribution is -2.68. The van der Waals surface area contributed by atoms with Crippen molar-refractivity contribution >= 4 is 60.2 Å². The van der Waals surface area contributed by atoms with E-state index in [0.717, 1.165) is 31.1 Å². The highest BCUT2D eigenvalue weighted by Gasteiger charge is 2.45. The zero-order valence-electron chi connectivity index (χ0n) is 25.6. The van der Waals surface area contributed by atoms with Gasteiger partial charge in [-0.05, 0) is 44.0 Å². The Morgan fingerprint density at radius 2 is 0.522 bits per heavy atom. The molecule has 0 aliphatic carbocycles. The maximum absolute atomic E-state index is 6.66. The summed E-state index contributed by atoms with van der Waals surface area (Å²) >= 11 is 0. The van der Waals surface area contributed by atoms with Crippen LogP contribution >= 0.6 is 0 Å². The van der Waals surface area contributed by atoms with Crippen LogP contribution in [0.5, 0.6) is 0 Å². The fourth-order valence-electron chi connectivity index (χ4n) is 5.84. The van der Waals surface area contributed by atoms with Crippen LogP contribution in [-0.2, 0) is 9.05 Å². The van der Waals surface area contributed by atoms with E-state index < -0.39 is 16.6 Å². The Morgan fingerprint density at radius 3 is 0.717 bits per heavy atom. The van der Waals surface area contributed by atoms with E-state index in [4.69, 9.17) is 9.05 Å². The van der Waals surface area contributed by atoms with Gasteiger partial charge in [0.25, 0.3) is 0 Å². The van der Waals surface area contributed by atoms with Crippen molar-refractivity contribution in [1.82, 2.24) is 0 Å². The highest BCUT2D eigenvalue weighted by atomic mass is 28.4. The average Bonchev–Trinajstić information content (AvgIpc) is 3.15. The van der Waals surface area contributed by atoms with E-state index >= 15 is 0 Å². The first-order valence-corrected chi connectivity index (χ1v) is 19.4. The molecule has 0 heterocycles. The molecule has 0 bridgehead atoms. The standard InChI is InChI=1S/C40H36N2O2Si2/c1-7-21-35(22-8-1)45(36-23-9-2-10-24-36,37-25-11-3-12-26-37)43-41-33-19-20-34-42-44-46(38-27-13-4-14-28-38,39-29-15-5-16-30-39)40-31-17-6-18-32-40/h1-18,21-34H,19-20H2. The van der Waals surface area contributed by atoms with Crippen molar-refractivity contribution in [2.75, 3.05) is 0 Å². The summed E-state index contributed by atoms with van der Waals surface area (Å²) in [6.45, 7) is 0. The maximum atomic E-state index is 6.66. The van der Waals surface area contributed by atoms with Crippen LogP contribution in [0.15, 0.2) is 192 Å². The number of hydrogen-bond donors (Lipinski definition) is 0. The number of hydrogen-bond acceptors (Lipinski definition) is 4. The second kappa shape index (κ2) is 15.1. The Hall–Kier alpha value is -5.31. The number of oxime groups is 2. The van der Waals surface area contributed by atoms with Gasteiger partial charge in [-0.3, -0.25) is 0 Å². The molecule has 0 unspecified atom stereocenters. The summed E-state index contributed by atoms with van der Waals surface area (Å²) in [6, 6.07) is 62.8. The maximum Gasteiger partial charge on any atom is 0.380 e. The first-order chi connectivity index (χ1) is 22.8. The molecule has 0 aliphatic heterocycles. The molecular formula is C40H36N2O2Si2. The molecule has 0 N–H and O–H groups in total. The summed E-state index contributed by atoms with van der Waals surface area (Å²) in [5.74, 6) is 0. The molecular weight excluding hydrogens is 597 g/mol.